The maximum atomic E-state index is 5.04. The van der Waals surface area contributed by atoms with Crippen LogP contribution in [0.2, 0.25) is 0 Å². The Hall–Kier alpha value is -4.43. The lowest BCUT2D eigenvalue weighted by Gasteiger charge is -2.14. The Bertz CT molecular complexity index is 1860. The average Bonchev–Trinajstić information content (AvgIpc) is 3.23. The molecule has 0 saturated carbocycles. The number of hydrogen-bond acceptors (Lipinski definition) is 1. The second-order valence-corrected chi connectivity index (χ2v) is 8.92. The zero-order chi connectivity index (χ0) is 22.6. The molecule has 1 heterocycles. The first-order valence-corrected chi connectivity index (χ1v) is 11.6. The van der Waals surface area contributed by atoms with Crippen LogP contribution in [0, 0.1) is 0 Å². The SMILES string of the molecule is Cn1c(-c2ccccc2)nc2cc(-c3c4ccccc4cc4c3ccc3ccccc34)ccc21. The second-order valence-electron chi connectivity index (χ2n) is 8.92. The van der Waals surface area contributed by atoms with Gasteiger partial charge in [-0.15, -0.1) is 0 Å². The van der Waals surface area contributed by atoms with Crippen LogP contribution in [0.5, 0.6) is 0 Å². The molecule has 0 atom stereocenters. The largest absolute Gasteiger partial charge is 0.327 e. The Morgan fingerprint density at radius 2 is 1.26 bits per heavy atom. The van der Waals surface area contributed by atoms with Crippen LogP contribution < -0.4 is 0 Å². The summed E-state index contributed by atoms with van der Waals surface area (Å²) in [5.41, 5.74) is 5.75. The zero-order valence-electron chi connectivity index (χ0n) is 18.9. The van der Waals surface area contributed by atoms with E-state index in [1.807, 2.05) is 6.07 Å². The molecule has 0 amide bonds. The van der Waals surface area contributed by atoms with Crippen LogP contribution >= 0.6 is 0 Å². The molecule has 0 bridgehead atoms. The molecule has 0 radical (unpaired) electrons. The van der Waals surface area contributed by atoms with Gasteiger partial charge in [0.2, 0.25) is 0 Å². The average molecular weight is 435 g/mol. The molecule has 0 aliphatic carbocycles. The molecule has 7 aromatic rings. The van der Waals surface area contributed by atoms with Gasteiger partial charge in [-0.05, 0) is 61.6 Å². The lowest BCUT2D eigenvalue weighted by atomic mass is 9.90. The normalized spacial score (nSPS) is 11.7. The highest BCUT2D eigenvalue weighted by molar-refractivity contribution is 6.20. The minimum Gasteiger partial charge on any atom is -0.327 e. The fourth-order valence-corrected chi connectivity index (χ4v) is 5.33. The van der Waals surface area contributed by atoms with Crippen LogP contribution in [0.1, 0.15) is 0 Å². The van der Waals surface area contributed by atoms with E-state index in [4.69, 9.17) is 4.98 Å². The fourth-order valence-electron chi connectivity index (χ4n) is 5.33. The summed E-state index contributed by atoms with van der Waals surface area (Å²) in [5, 5.41) is 7.64. The molecule has 2 heteroatoms. The molecular formula is C32H22N2. The van der Waals surface area contributed by atoms with Gasteiger partial charge in [0, 0.05) is 12.6 Å². The van der Waals surface area contributed by atoms with Gasteiger partial charge in [-0.25, -0.2) is 4.98 Å². The highest BCUT2D eigenvalue weighted by Crippen LogP contribution is 2.40. The number of fused-ring (bicyclic) bond motifs is 5. The Kier molecular flexibility index (Phi) is 4.09. The van der Waals surface area contributed by atoms with Crippen LogP contribution in [0.15, 0.2) is 115 Å². The van der Waals surface area contributed by atoms with Crippen molar-refractivity contribution in [2.24, 2.45) is 7.05 Å². The van der Waals surface area contributed by atoms with Crippen molar-refractivity contribution < 1.29 is 0 Å². The molecule has 1 aromatic heterocycles. The van der Waals surface area contributed by atoms with Crippen LogP contribution in [0.25, 0.3) is 65.9 Å². The number of nitrogens with zero attached hydrogens (tertiary/aromatic N) is 2. The van der Waals surface area contributed by atoms with E-state index >= 15 is 0 Å². The predicted molar refractivity (Wildman–Crippen MR) is 144 cm³/mol. The van der Waals surface area contributed by atoms with Crippen molar-refractivity contribution in [1.29, 1.82) is 0 Å². The van der Waals surface area contributed by atoms with E-state index in [2.05, 4.69) is 121 Å². The number of rotatable bonds is 2. The van der Waals surface area contributed by atoms with Gasteiger partial charge in [-0.1, -0.05) is 97.1 Å². The van der Waals surface area contributed by atoms with E-state index in [-0.39, 0.29) is 0 Å². The van der Waals surface area contributed by atoms with E-state index in [1.165, 1.54) is 43.4 Å². The fraction of sp³-hybridized carbons (Fsp3) is 0.0312. The highest BCUT2D eigenvalue weighted by atomic mass is 15.1. The van der Waals surface area contributed by atoms with Crippen molar-refractivity contribution in [2.45, 2.75) is 0 Å². The molecule has 0 unspecified atom stereocenters. The van der Waals surface area contributed by atoms with E-state index in [0.29, 0.717) is 0 Å². The molecule has 0 aliphatic heterocycles. The molecular weight excluding hydrogens is 412 g/mol. The summed E-state index contributed by atoms with van der Waals surface area (Å²) < 4.78 is 2.18. The summed E-state index contributed by atoms with van der Waals surface area (Å²) in [4.78, 5) is 5.04. The molecule has 0 spiro atoms. The molecule has 0 fully saturated rings. The first-order valence-electron chi connectivity index (χ1n) is 11.6. The standard InChI is InChI=1S/C32H22N2/c1-34-30-18-16-24(20-29(30)33-32(34)22-10-3-2-4-11-22)31-26-14-8-6-12-23(26)19-28-25-13-7-5-9-21(25)15-17-27(28)31/h2-20H,1H3. The van der Waals surface area contributed by atoms with E-state index in [0.717, 1.165) is 22.4 Å². The Morgan fingerprint density at radius 3 is 2.12 bits per heavy atom. The monoisotopic (exact) mass is 434 g/mol. The summed E-state index contributed by atoms with van der Waals surface area (Å²) >= 11 is 0. The van der Waals surface area contributed by atoms with Crippen LogP contribution in [0.3, 0.4) is 0 Å². The number of hydrogen-bond donors (Lipinski definition) is 0. The first kappa shape index (κ1) is 19.1. The van der Waals surface area contributed by atoms with Crippen molar-refractivity contribution in [3.63, 3.8) is 0 Å². The third-order valence-electron chi connectivity index (χ3n) is 6.97. The second kappa shape index (κ2) is 7.29. The van der Waals surface area contributed by atoms with Crippen molar-refractivity contribution in [2.75, 3.05) is 0 Å². The zero-order valence-corrected chi connectivity index (χ0v) is 18.9. The number of imidazole rings is 1. The highest BCUT2D eigenvalue weighted by Gasteiger charge is 2.15. The number of benzene rings is 6. The van der Waals surface area contributed by atoms with Gasteiger partial charge in [0.15, 0.2) is 0 Å². The van der Waals surface area contributed by atoms with Gasteiger partial charge >= 0.3 is 0 Å². The Morgan fingerprint density at radius 1 is 0.529 bits per heavy atom. The summed E-state index contributed by atoms with van der Waals surface area (Å²) in [6.45, 7) is 0. The summed E-state index contributed by atoms with van der Waals surface area (Å²) in [7, 11) is 2.09. The van der Waals surface area contributed by atoms with Crippen molar-refractivity contribution in [1.82, 2.24) is 9.55 Å². The van der Waals surface area contributed by atoms with Gasteiger partial charge in [-0.2, -0.15) is 0 Å². The minimum absolute atomic E-state index is 0.988. The van der Waals surface area contributed by atoms with E-state index < -0.39 is 0 Å². The first-order chi connectivity index (χ1) is 16.8. The maximum absolute atomic E-state index is 5.04. The van der Waals surface area contributed by atoms with Gasteiger partial charge in [-0.3, -0.25) is 0 Å². The summed E-state index contributed by atoms with van der Waals surface area (Å²) in [6, 6.07) is 41.3. The topological polar surface area (TPSA) is 17.8 Å². The maximum Gasteiger partial charge on any atom is 0.140 e. The smallest absolute Gasteiger partial charge is 0.140 e. The molecule has 34 heavy (non-hydrogen) atoms. The van der Waals surface area contributed by atoms with E-state index in [9.17, 15) is 0 Å². The van der Waals surface area contributed by atoms with Gasteiger partial charge in [0.05, 0.1) is 11.0 Å². The molecule has 7 rings (SSSR count). The summed E-state index contributed by atoms with van der Waals surface area (Å²) in [5.74, 6) is 0.988. The van der Waals surface area contributed by atoms with Crippen molar-refractivity contribution in [3.8, 4) is 22.5 Å². The summed E-state index contributed by atoms with van der Waals surface area (Å²) in [6.07, 6.45) is 0. The molecule has 0 N–H and O–H groups in total. The number of aryl methyl sites for hydroxylation is 1. The third-order valence-corrected chi connectivity index (χ3v) is 6.97. The minimum atomic E-state index is 0.988. The van der Waals surface area contributed by atoms with Crippen LogP contribution in [-0.2, 0) is 7.05 Å². The van der Waals surface area contributed by atoms with Gasteiger partial charge < -0.3 is 4.57 Å². The Balaban J connectivity index is 1.55. The van der Waals surface area contributed by atoms with Crippen molar-refractivity contribution in [3.05, 3.63) is 115 Å². The molecule has 160 valence electrons. The molecule has 0 aliphatic rings. The lowest BCUT2D eigenvalue weighted by molar-refractivity contribution is 0.959. The number of aromatic nitrogens is 2. The van der Waals surface area contributed by atoms with Gasteiger partial charge in [0.1, 0.15) is 5.82 Å². The van der Waals surface area contributed by atoms with Crippen LogP contribution in [-0.4, -0.2) is 9.55 Å². The lowest BCUT2D eigenvalue weighted by Crippen LogP contribution is -1.92. The molecule has 0 saturated heterocycles. The van der Waals surface area contributed by atoms with Crippen molar-refractivity contribution >= 4 is 43.4 Å². The third kappa shape index (κ3) is 2.79. The molecule has 6 aromatic carbocycles. The quantitative estimate of drug-likeness (QED) is 0.197. The molecule has 2 nitrogen and oxygen atoms in total. The van der Waals surface area contributed by atoms with Crippen LogP contribution in [0.4, 0.5) is 0 Å². The van der Waals surface area contributed by atoms with Gasteiger partial charge in [0.25, 0.3) is 0 Å². The Labute approximate surface area is 197 Å². The van der Waals surface area contributed by atoms with E-state index in [1.54, 1.807) is 0 Å². The predicted octanol–water partition coefficient (Wildman–Crippen LogP) is 8.37.